The zero-order valence-corrected chi connectivity index (χ0v) is 21.7. The van der Waals surface area contributed by atoms with Crippen molar-refractivity contribution in [2.24, 2.45) is 11.1 Å². The summed E-state index contributed by atoms with van der Waals surface area (Å²) in [6, 6.07) is 2.75. The molecule has 0 spiro atoms. The average Bonchev–Trinajstić information content (AvgIpc) is 3.37. The van der Waals surface area contributed by atoms with Crippen LogP contribution in [0.3, 0.4) is 0 Å². The minimum absolute atomic E-state index is 0.109. The van der Waals surface area contributed by atoms with Gasteiger partial charge in [-0.2, -0.15) is 0 Å². The molecule has 11 nitrogen and oxygen atoms in total. The van der Waals surface area contributed by atoms with Crippen LogP contribution >= 0.6 is 11.8 Å². The van der Waals surface area contributed by atoms with Crippen molar-refractivity contribution in [1.29, 1.82) is 0 Å². The van der Waals surface area contributed by atoms with E-state index in [4.69, 9.17) is 24.7 Å². The molecule has 3 N–H and O–H groups in total. The fourth-order valence-corrected chi connectivity index (χ4v) is 5.93. The van der Waals surface area contributed by atoms with Crippen molar-refractivity contribution in [2.75, 3.05) is 13.6 Å². The molecule has 1 aromatic rings. The Hall–Kier alpha value is -2.99. The molecule has 3 heterocycles. The number of amides is 2. The van der Waals surface area contributed by atoms with Gasteiger partial charge in [-0.1, -0.05) is 12.1 Å². The van der Waals surface area contributed by atoms with E-state index in [0.717, 1.165) is 5.56 Å². The Morgan fingerprint density at radius 1 is 1.25 bits per heavy atom. The molecule has 196 valence electrons. The van der Waals surface area contributed by atoms with Crippen LogP contribution in [0, 0.1) is 5.41 Å². The van der Waals surface area contributed by atoms with Gasteiger partial charge in [0.2, 0.25) is 25.4 Å². The molecule has 1 aromatic carbocycles. The first-order chi connectivity index (χ1) is 16.8. The number of fused-ring (bicyclic) bond motifs is 2. The van der Waals surface area contributed by atoms with Crippen LogP contribution in [0.15, 0.2) is 18.2 Å². The average molecular weight is 522 g/mol. The maximum Gasteiger partial charge on any atom is 0.333 e. The van der Waals surface area contributed by atoms with Crippen molar-refractivity contribution >= 4 is 35.5 Å². The zero-order chi connectivity index (χ0) is 26.4. The molecule has 4 rings (SSSR count). The van der Waals surface area contributed by atoms with Crippen LogP contribution in [0.2, 0.25) is 0 Å². The number of hydrogen-bond donors (Lipinski definition) is 2. The lowest BCUT2D eigenvalue weighted by molar-refractivity contribution is -0.180. The molecule has 2 saturated heterocycles. The summed E-state index contributed by atoms with van der Waals surface area (Å²) >= 11 is 1.39. The van der Waals surface area contributed by atoms with E-state index in [2.05, 4.69) is 5.32 Å². The Morgan fingerprint density at radius 2 is 1.97 bits per heavy atom. The number of esters is 2. The summed E-state index contributed by atoms with van der Waals surface area (Å²) in [4.78, 5) is 51.9. The van der Waals surface area contributed by atoms with Crippen molar-refractivity contribution in [2.45, 2.75) is 69.3 Å². The van der Waals surface area contributed by atoms with Gasteiger partial charge in [0.1, 0.15) is 17.5 Å². The normalized spacial score (nSPS) is 24.4. The van der Waals surface area contributed by atoms with Gasteiger partial charge in [0.05, 0.1) is 11.5 Å². The first-order valence-electron chi connectivity index (χ1n) is 11.6. The number of nitrogens with one attached hydrogen (secondary N) is 1. The molecule has 3 aliphatic heterocycles. The quantitative estimate of drug-likeness (QED) is 0.302. The van der Waals surface area contributed by atoms with E-state index in [1.165, 1.54) is 16.7 Å². The van der Waals surface area contributed by atoms with E-state index in [0.29, 0.717) is 11.5 Å². The number of nitrogens with zero attached hydrogens (tertiary/aromatic N) is 1. The van der Waals surface area contributed by atoms with E-state index in [1.807, 2.05) is 13.8 Å². The fraction of sp³-hybridized carbons (Fsp3) is 0.583. The molecule has 12 heteroatoms. The molecule has 0 bridgehead atoms. The number of ether oxygens (including phenoxy) is 4. The van der Waals surface area contributed by atoms with Crippen LogP contribution in [0.5, 0.6) is 11.5 Å². The van der Waals surface area contributed by atoms with Gasteiger partial charge in [-0.15, -0.1) is 11.8 Å². The largest absolute Gasteiger partial charge is 0.454 e. The molecule has 0 saturated carbocycles. The Kier molecular flexibility index (Phi) is 6.86. The highest BCUT2D eigenvalue weighted by molar-refractivity contribution is 8.01. The van der Waals surface area contributed by atoms with Crippen LogP contribution in [0.4, 0.5) is 0 Å². The van der Waals surface area contributed by atoms with Gasteiger partial charge in [-0.05, 0) is 40.7 Å². The fourth-order valence-electron chi connectivity index (χ4n) is 4.30. The number of β-lactam (4-membered cyclic amide) rings is 1. The highest BCUT2D eigenvalue weighted by atomic mass is 32.2. The van der Waals surface area contributed by atoms with Gasteiger partial charge in [-0.3, -0.25) is 14.4 Å². The number of para-hydroxylation sites is 1. The van der Waals surface area contributed by atoms with Gasteiger partial charge >= 0.3 is 11.9 Å². The Morgan fingerprint density at radius 3 is 2.67 bits per heavy atom. The molecule has 2 fully saturated rings. The molecular weight excluding hydrogens is 490 g/mol. The van der Waals surface area contributed by atoms with Crippen LogP contribution in [0.25, 0.3) is 0 Å². The third-order valence-electron chi connectivity index (χ3n) is 6.22. The second-order valence-corrected chi connectivity index (χ2v) is 12.2. The third kappa shape index (κ3) is 4.83. The lowest BCUT2D eigenvalue weighted by Crippen LogP contribution is -2.71. The molecular formula is C24H31N3O8S. The second kappa shape index (κ2) is 9.47. The number of hydrogen-bond acceptors (Lipinski definition) is 10. The maximum atomic E-state index is 13.0. The maximum absolute atomic E-state index is 13.0. The zero-order valence-electron chi connectivity index (χ0n) is 20.9. The van der Waals surface area contributed by atoms with Crippen LogP contribution < -0.4 is 20.5 Å². The molecule has 0 aliphatic carbocycles. The van der Waals surface area contributed by atoms with Crippen molar-refractivity contribution in [3.63, 3.8) is 0 Å². The lowest BCUT2D eigenvalue weighted by atomic mass is 9.95. The number of nitrogens with two attached hydrogens (primary N) is 1. The van der Waals surface area contributed by atoms with Crippen molar-refractivity contribution < 1.29 is 38.1 Å². The summed E-state index contributed by atoms with van der Waals surface area (Å²) in [7, 11) is 0. The number of carbonyl (C=O) groups is 4. The van der Waals surface area contributed by atoms with Crippen molar-refractivity contribution in [3.8, 4) is 11.5 Å². The standard InChI is InChI=1S/C24H31N3O8S/c1-23(2,3)22(31)35-11-34-21(30)17-24(4,5)36-20-15(19(29)27(17)20)26-18(28)13(25)9-12-7-6-8-14-16(12)33-10-32-14/h6-8,13,15,17,20H,9-11,25H2,1-5H3,(H,26,28)/t13?,15-,17+,20-/m1/s1. The summed E-state index contributed by atoms with van der Waals surface area (Å²) < 4.78 is 20.3. The molecule has 3 aliphatic rings. The van der Waals surface area contributed by atoms with E-state index in [9.17, 15) is 19.2 Å². The van der Waals surface area contributed by atoms with E-state index < -0.39 is 64.2 Å². The summed E-state index contributed by atoms with van der Waals surface area (Å²) in [5.41, 5.74) is 6.14. The SMILES string of the molecule is CC(C)(C)C(=O)OCOC(=O)[C@@H]1N2C(=O)[C@@H](NC(=O)C(N)Cc3cccc4c3OCO4)[C@H]2SC1(C)C. The summed E-state index contributed by atoms with van der Waals surface area (Å²) in [6.07, 6.45) is 0.203. The van der Waals surface area contributed by atoms with Crippen molar-refractivity contribution in [3.05, 3.63) is 23.8 Å². The number of benzene rings is 1. The first-order valence-corrected chi connectivity index (χ1v) is 12.5. The number of thioether (sulfide) groups is 1. The molecule has 4 atom stereocenters. The predicted octanol–water partition coefficient (Wildman–Crippen LogP) is 0.922. The van der Waals surface area contributed by atoms with E-state index in [-0.39, 0.29) is 13.2 Å². The smallest absolute Gasteiger partial charge is 0.333 e. The highest BCUT2D eigenvalue weighted by Crippen LogP contribution is 2.51. The minimum Gasteiger partial charge on any atom is -0.454 e. The number of carbonyl (C=O) groups excluding carboxylic acids is 4. The van der Waals surface area contributed by atoms with Crippen LogP contribution in [-0.2, 0) is 35.1 Å². The monoisotopic (exact) mass is 521 g/mol. The van der Waals surface area contributed by atoms with Gasteiger partial charge in [-0.25, -0.2) is 4.79 Å². The summed E-state index contributed by atoms with van der Waals surface area (Å²) in [6.45, 7) is 8.27. The predicted molar refractivity (Wildman–Crippen MR) is 129 cm³/mol. The minimum atomic E-state index is -0.916. The third-order valence-corrected chi connectivity index (χ3v) is 7.79. The van der Waals surface area contributed by atoms with Crippen LogP contribution in [-0.4, -0.2) is 70.5 Å². The van der Waals surface area contributed by atoms with Gasteiger partial charge in [0, 0.05) is 16.7 Å². The Balaban J connectivity index is 1.34. The second-order valence-electron chi connectivity index (χ2n) is 10.5. The van der Waals surface area contributed by atoms with Gasteiger partial charge in [0.15, 0.2) is 11.5 Å². The topological polar surface area (TPSA) is 146 Å². The molecule has 1 unspecified atom stereocenters. The van der Waals surface area contributed by atoms with Crippen LogP contribution in [0.1, 0.15) is 40.2 Å². The molecule has 0 radical (unpaired) electrons. The van der Waals surface area contributed by atoms with Gasteiger partial charge in [0.25, 0.3) is 0 Å². The first kappa shape index (κ1) is 26.1. The van der Waals surface area contributed by atoms with Crippen molar-refractivity contribution in [1.82, 2.24) is 10.2 Å². The summed E-state index contributed by atoms with van der Waals surface area (Å²) in [5, 5.41) is 2.28. The Bertz CT molecular complexity index is 1090. The number of rotatable bonds is 7. The van der Waals surface area contributed by atoms with E-state index >= 15 is 0 Å². The van der Waals surface area contributed by atoms with E-state index in [1.54, 1.807) is 39.0 Å². The van der Waals surface area contributed by atoms with Gasteiger partial charge < -0.3 is 34.9 Å². The lowest BCUT2D eigenvalue weighted by Gasteiger charge is -2.44. The highest BCUT2D eigenvalue weighted by Gasteiger charge is 2.64. The summed E-state index contributed by atoms with van der Waals surface area (Å²) in [5.74, 6) is -0.902. The molecule has 36 heavy (non-hydrogen) atoms. The molecule has 0 aromatic heterocycles. The Labute approximate surface area is 213 Å². The molecule has 2 amide bonds.